The fourth-order valence-electron chi connectivity index (χ4n) is 3.08. The average Bonchev–Trinajstić information content (AvgIpc) is 3.31. The summed E-state index contributed by atoms with van der Waals surface area (Å²) in [5.41, 5.74) is 1.13. The molecule has 1 fully saturated rings. The molecule has 1 atom stereocenters. The quantitative estimate of drug-likeness (QED) is 0.639. The lowest BCUT2D eigenvalue weighted by Gasteiger charge is -2.21. The number of likely N-dealkylation sites (tertiary alicyclic amines) is 1. The van der Waals surface area contributed by atoms with Crippen molar-refractivity contribution in [1.82, 2.24) is 24.8 Å². The maximum atomic E-state index is 5.29. The van der Waals surface area contributed by atoms with Crippen LogP contribution in [0.2, 0.25) is 0 Å². The summed E-state index contributed by atoms with van der Waals surface area (Å²) in [5.74, 6) is 2.42. The Hall–Kier alpha value is -2.41. The first kappa shape index (κ1) is 17.4. The summed E-state index contributed by atoms with van der Waals surface area (Å²) in [6, 6.07) is 4.05. The second kappa shape index (κ2) is 8.62. The van der Waals surface area contributed by atoms with Gasteiger partial charge in [0.05, 0.1) is 13.2 Å². The van der Waals surface area contributed by atoms with Gasteiger partial charge in [-0.15, -0.1) is 0 Å². The number of imidazole rings is 1. The van der Waals surface area contributed by atoms with E-state index in [1.165, 1.54) is 0 Å². The number of aromatic nitrogens is 3. The highest BCUT2D eigenvalue weighted by Crippen LogP contribution is 2.17. The van der Waals surface area contributed by atoms with E-state index in [4.69, 9.17) is 9.73 Å². The van der Waals surface area contributed by atoms with Gasteiger partial charge in [0.15, 0.2) is 5.96 Å². The first-order valence-corrected chi connectivity index (χ1v) is 8.75. The first-order valence-electron chi connectivity index (χ1n) is 8.75. The van der Waals surface area contributed by atoms with Crippen LogP contribution < -0.4 is 5.32 Å². The van der Waals surface area contributed by atoms with Gasteiger partial charge in [0.25, 0.3) is 0 Å². The third-order valence-electron chi connectivity index (χ3n) is 4.31. The van der Waals surface area contributed by atoms with Crippen LogP contribution in [0.4, 0.5) is 0 Å². The highest BCUT2D eigenvalue weighted by Gasteiger charge is 2.24. The molecule has 2 aromatic heterocycles. The number of nitrogens with zero attached hydrogens (tertiary/aromatic N) is 5. The highest BCUT2D eigenvalue weighted by atomic mass is 16.5. The lowest BCUT2D eigenvalue weighted by Crippen LogP contribution is -2.40. The SMILES string of the molecule is CCNC(=NCc1ccnc(-n2ccnc2)c1)N1CCC(COC)C1. The van der Waals surface area contributed by atoms with Gasteiger partial charge in [-0.3, -0.25) is 4.57 Å². The van der Waals surface area contributed by atoms with Gasteiger partial charge in [0, 0.05) is 51.3 Å². The zero-order chi connectivity index (χ0) is 17.5. The molecule has 1 unspecified atom stereocenters. The predicted octanol–water partition coefficient (Wildman–Crippen LogP) is 1.70. The number of ether oxygens (including phenoxy) is 1. The number of rotatable bonds is 6. The van der Waals surface area contributed by atoms with E-state index in [0.717, 1.165) is 50.0 Å². The maximum absolute atomic E-state index is 5.29. The zero-order valence-corrected chi connectivity index (χ0v) is 14.9. The molecular formula is C18H26N6O. The van der Waals surface area contributed by atoms with E-state index in [0.29, 0.717) is 12.5 Å². The Kier molecular flexibility index (Phi) is 6.00. The van der Waals surface area contributed by atoms with Gasteiger partial charge in [0.2, 0.25) is 0 Å². The summed E-state index contributed by atoms with van der Waals surface area (Å²) in [5, 5.41) is 3.40. The van der Waals surface area contributed by atoms with Gasteiger partial charge in [-0.2, -0.15) is 0 Å². The number of hydrogen-bond acceptors (Lipinski definition) is 4. The van der Waals surface area contributed by atoms with E-state index in [1.807, 2.05) is 29.1 Å². The van der Waals surface area contributed by atoms with Crippen LogP contribution in [0.5, 0.6) is 0 Å². The average molecular weight is 342 g/mol. The zero-order valence-electron chi connectivity index (χ0n) is 14.9. The lowest BCUT2D eigenvalue weighted by atomic mass is 10.1. The molecule has 1 aliphatic rings. The molecule has 134 valence electrons. The molecular weight excluding hydrogens is 316 g/mol. The van der Waals surface area contributed by atoms with E-state index in [9.17, 15) is 0 Å². The van der Waals surface area contributed by atoms with Crippen molar-refractivity contribution in [3.8, 4) is 5.82 Å². The minimum atomic E-state index is 0.586. The van der Waals surface area contributed by atoms with Crippen LogP contribution in [-0.2, 0) is 11.3 Å². The molecule has 1 aliphatic heterocycles. The third-order valence-corrected chi connectivity index (χ3v) is 4.31. The Morgan fingerprint density at radius 2 is 2.36 bits per heavy atom. The Morgan fingerprint density at radius 3 is 3.12 bits per heavy atom. The molecule has 1 saturated heterocycles. The third kappa shape index (κ3) is 4.57. The number of hydrogen-bond donors (Lipinski definition) is 1. The van der Waals surface area contributed by atoms with Gasteiger partial charge in [0.1, 0.15) is 12.1 Å². The van der Waals surface area contributed by atoms with Crippen molar-refractivity contribution in [2.45, 2.75) is 19.9 Å². The Bertz CT molecular complexity index is 685. The number of aliphatic imine (C=N–C) groups is 1. The minimum Gasteiger partial charge on any atom is -0.384 e. The summed E-state index contributed by atoms with van der Waals surface area (Å²) < 4.78 is 7.19. The summed E-state index contributed by atoms with van der Waals surface area (Å²) in [7, 11) is 1.77. The largest absolute Gasteiger partial charge is 0.384 e. The number of pyridine rings is 1. The molecule has 0 saturated carbocycles. The van der Waals surface area contributed by atoms with Crippen molar-refractivity contribution in [3.05, 3.63) is 42.6 Å². The van der Waals surface area contributed by atoms with Crippen LogP contribution in [0.1, 0.15) is 18.9 Å². The molecule has 3 rings (SSSR count). The van der Waals surface area contributed by atoms with Crippen molar-refractivity contribution in [1.29, 1.82) is 0 Å². The van der Waals surface area contributed by atoms with Crippen LogP contribution in [0, 0.1) is 5.92 Å². The van der Waals surface area contributed by atoms with E-state index in [-0.39, 0.29) is 0 Å². The molecule has 7 nitrogen and oxygen atoms in total. The second-order valence-electron chi connectivity index (χ2n) is 6.22. The molecule has 0 spiro atoms. The predicted molar refractivity (Wildman–Crippen MR) is 97.7 cm³/mol. The normalized spacial score (nSPS) is 17.9. The monoisotopic (exact) mass is 342 g/mol. The second-order valence-corrected chi connectivity index (χ2v) is 6.22. The molecule has 0 aliphatic carbocycles. The van der Waals surface area contributed by atoms with E-state index in [1.54, 1.807) is 19.6 Å². The number of nitrogens with one attached hydrogen (secondary N) is 1. The maximum Gasteiger partial charge on any atom is 0.194 e. The molecule has 1 N–H and O–H groups in total. The van der Waals surface area contributed by atoms with Crippen LogP contribution in [0.15, 0.2) is 42.0 Å². The standard InChI is InChI=1S/C18H26N6O/c1-3-20-18(23-8-5-16(12-23)13-25-2)22-11-15-4-6-21-17(10-15)24-9-7-19-14-24/h4,6-7,9-10,14,16H,3,5,8,11-13H2,1-2H3,(H,20,22). The summed E-state index contributed by atoms with van der Waals surface area (Å²) in [6.45, 7) is 6.42. The topological polar surface area (TPSA) is 67.6 Å². The summed E-state index contributed by atoms with van der Waals surface area (Å²) >= 11 is 0. The van der Waals surface area contributed by atoms with Crippen LogP contribution >= 0.6 is 0 Å². The van der Waals surface area contributed by atoms with Gasteiger partial charge in [-0.25, -0.2) is 15.0 Å². The number of guanidine groups is 1. The Balaban J connectivity index is 1.69. The minimum absolute atomic E-state index is 0.586. The molecule has 0 aromatic carbocycles. The fourth-order valence-corrected chi connectivity index (χ4v) is 3.08. The Morgan fingerprint density at radius 1 is 1.44 bits per heavy atom. The van der Waals surface area contributed by atoms with E-state index < -0.39 is 0 Å². The molecule has 25 heavy (non-hydrogen) atoms. The van der Waals surface area contributed by atoms with Crippen molar-refractivity contribution in [2.24, 2.45) is 10.9 Å². The molecule has 0 radical (unpaired) electrons. The molecule has 0 amide bonds. The molecule has 2 aromatic rings. The lowest BCUT2D eigenvalue weighted by molar-refractivity contribution is 0.157. The van der Waals surface area contributed by atoms with E-state index in [2.05, 4.69) is 27.1 Å². The van der Waals surface area contributed by atoms with Crippen molar-refractivity contribution < 1.29 is 4.74 Å². The van der Waals surface area contributed by atoms with Crippen molar-refractivity contribution in [3.63, 3.8) is 0 Å². The van der Waals surface area contributed by atoms with Gasteiger partial charge < -0.3 is 15.0 Å². The smallest absolute Gasteiger partial charge is 0.194 e. The molecule has 7 heteroatoms. The summed E-state index contributed by atoms with van der Waals surface area (Å²) in [4.78, 5) is 15.6. The Labute approximate surface area is 148 Å². The van der Waals surface area contributed by atoms with Gasteiger partial charge >= 0.3 is 0 Å². The van der Waals surface area contributed by atoms with Crippen LogP contribution in [0.25, 0.3) is 5.82 Å². The van der Waals surface area contributed by atoms with Gasteiger partial charge in [-0.1, -0.05) is 0 Å². The fraction of sp³-hybridized carbons (Fsp3) is 0.500. The highest BCUT2D eigenvalue weighted by molar-refractivity contribution is 5.80. The first-order chi connectivity index (χ1) is 12.3. The van der Waals surface area contributed by atoms with Crippen LogP contribution in [-0.4, -0.2) is 58.7 Å². The van der Waals surface area contributed by atoms with Crippen LogP contribution in [0.3, 0.4) is 0 Å². The molecule has 3 heterocycles. The van der Waals surface area contributed by atoms with Gasteiger partial charge in [-0.05, 0) is 31.0 Å². The van der Waals surface area contributed by atoms with Crippen molar-refractivity contribution in [2.75, 3.05) is 33.4 Å². The van der Waals surface area contributed by atoms with Crippen molar-refractivity contribution >= 4 is 5.96 Å². The summed E-state index contributed by atoms with van der Waals surface area (Å²) in [6.07, 6.45) is 8.36. The van der Waals surface area contributed by atoms with E-state index >= 15 is 0 Å². The number of methoxy groups -OCH3 is 1. The molecule has 0 bridgehead atoms.